The quantitative estimate of drug-likeness (QED) is 0.686. The first kappa shape index (κ1) is 20.9. The van der Waals surface area contributed by atoms with E-state index in [1.54, 1.807) is 0 Å². The number of hydrogen-bond acceptors (Lipinski definition) is 5. The number of aryl methyl sites for hydroxylation is 3. The van der Waals surface area contributed by atoms with Crippen LogP contribution in [0.5, 0.6) is 0 Å². The summed E-state index contributed by atoms with van der Waals surface area (Å²) in [6, 6.07) is 6.30. The Morgan fingerprint density at radius 2 is 1.73 bits per heavy atom. The highest BCUT2D eigenvalue weighted by Crippen LogP contribution is 2.29. The number of rotatable bonds is 5. The zero-order valence-corrected chi connectivity index (χ0v) is 18.7. The average molecular weight is 428 g/mol. The van der Waals surface area contributed by atoms with E-state index in [9.17, 15) is 9.59 Å². The lowest BCUT2D eigenvalue weighted by Crippen LogP contribution is -2.53. The summed E-state index contributed by atoms with van der Waals surface area (Å²) in [5, 5.41) is 9.27. The van der Waals surface area contributed by atoms with Gasteiger partial charge in [0.1, 0.15) is 5.82 Å². The van der Waals surface area contributed by atoms with Crippen molar-refractivity contribution >= 4 is 23.6 Å². The molecule has 2 fully saturated rings. The number of aromatic nitrogens is 3. The van der Waals surface area contributed by atoms with Gasteiger partial charge >= 0.3 is 0 Å². The maximum absolute atomic E-state index is 12.8. The molecule has 2 amide bonds. The van der Waals surface area contributed by atoms with Crippen molar-refractivity contribution in [2.24, 2.45) is 5.92 Å². The summed E-state index contributed by atoms with van der Waals surface area (Å²) in [5.74, 6) is 1.72. The number of amides is 2. The SMILES string of the molecule is Cc1ccc(C)c(-n2c(C)nnc2SCC(=O)N2CCN(C(=O)C3CCC3)CC2)c1. The van der Waals surface area contributed by atoms with Gasteiger partial charge in [-0.05, 0) is 50.8 Å². The number of hydrogen-bond donors (Lipinski definition) is 0. The smallest absolute Gasteiger partial charge is 0.233 e. The van der Waals surface area contributed by atoms with Gasteiger partial charge in [0.05, 0.1) is 11.4 Å². The minimum absolute atomic E-state index is 0.0870. The van der Waals surface area contributed by atoms with E-state index in [0.29, 0.717) is 31.9 Å². The first-order valence-corrected chi connectivity index (χ1v) is 11.6. The van der Waals surface area contributed by atoms with Crippen LogP contribution in [0.2, 0.25) is 0 Å². The third-order valence-corrected chi connectivity index (χ3v) is 7.04. The highest BCUT2D eigenvalue weighted by Gasteiger charge is 2.32. The maximum Gasteiger partial charge on any atom is 0.233 e. The first-order valence-electron chi connectivity index (χ1n) is 10.6. The lowest BCUT2D eigenvalue weighted by Gasteiger charge is -2.38. The van der Waals surface area contributed by atoms with Crippen LogP contribution < -0.4 is 0 Å². The van der Waals surface area contributed by atoms with Gasteiger partial charge in [-0.2, -0.15) is 0 Å². The molecule has 1 saturated carbocycles. The van der Waals surface area contributed by atoms with Gasteiger partial charge in [0, 0.05) is 32.1 Å². The molecule has 0 spiro atoms. The molecule has 0 radical (unpaired) electrons. The van der Waals surface area contributed by atoms with Crippen molar-refractivity contribution in [3.63, 3.8) is 0 Å². The minimum atomic E-state index is 0.0870. The molecule has 2 heterocycles. The van der Waals surface area contributed by atoms with Crippen LogP contribution in [0.25, 0.3) is 5.69 Å². The molecule has 8 heteroatoms. The van der Waals surface area contributed by atoms with E-state index in [4.69, 9.17) is 0 Å². The molecule has 0 unspecified atom stereocenters. The zero-order valence-electron chi connectivity index (χ0n) is 17.9. The van der Waals surface area contributed by atoms with E-state index in [0.717, 1.165) is 41.5 Å². The molecule has 1 aromatic heterocycles. The van der Waals surface area contributed by atoms with Crippen molar-refractivity contribution in [3.8, 4) is 5.69 Å². The molecule has 2 aromatic rings. The highest BCUT2D eigenvalue weighted by molar-refractivity contribution is 7.99. The van der Waals surface area contributed by atoms with E-state index in [-0.39, 0.29) is 17.7 Å². The van der Waals surface area contributed by atoms with Crippen LogP contribution in [0.3, 0.4) is 0 Å². The van der Waals surface area contributed by atoms with Crippen molar-refractivity contribution in [3.05, 3.63) is 35.2 Å². The predicted molar refractivity (Wildman–Crippen MR) is 117 cm³/mol. The Hall–Kier alpha value is -2.35. The molecule has 0 N–H and O–H groups in total. The zero-order chi connectivity index (χ0) is 21.3. The van der Waals surface area contributed by atoms with Crippen LogP contribution in [0.15, 0.2) is 23.4 Å². The molecule has 2 aliphatic rings. The molecule has 1 aliphatic heterocycles. The Labute approximate surface area is 181 Å². The summed E-state index contributed by atoms with van der Waals surface area (Å²) < 4.78 is 2.02. The Kier molecular flexibility index (Phi) is 6.13. The third-order valence-electron chi connectivity index (χ3n) is 6.12. The molecule has 160 valence electrons. The lowest BCUT2D eigenvalue weighted by molar-refractivity contribution is -0.143. The Bertz CT molecular complexity index is 945. The van der Waals surface area contributed by atoms with Crippen LogP contribution in [-0.4, -0.2) is 68.3 Å². The summed E-state index contributed by atoms with van der Waals surface area (Å²) >= 11 is 1.42. The summed E-state index contributed by atoms with van der Waals surface area (Å²) in [5.41, 5.74) is 3.37. The van der Waals surface area contributed by atoms with Crippen molar-refractivity contribution in [1.29, 1.82) is 0 Å². The van der Waals surface area contributed by atoms with Crippen molar-refractivity contribution in [2.45, 2.75) is 45.2 Å². The summed E-state index contributed by atoms with van der Waals surface area (Å²) in [6.45, 7) is 8.57. The molecule has 30 heavy (non-hydrogen) atoms. The molecule has 7 nitrogen and oxygen atoms in total. The molecule has 1 aliphatic carbocycles. The van der Waals surface area contributed by atoms with Crippen molar-refractivity contribution < 1.29 is 9.59 Å². The Morgan fingerprint density at radius 1 is 1.03 bits per heavy atom. The molecular formula is C22H29N5O2S. The van der Waals surface area contributed by atoms with Crippen molar-refractivity contribution in [1.82, 2.24) is 24.6 Å². The van der Waals surface area contributed by atoms with E-state index >= 15 is 0 Å². The largest absolute Gasteiger partial charge is 0.339 e. The summed E-state index contributed by atoms with van der Waals surface area (Å²) in [7, 11) is 0. The van der Waals surface area contributed by atoms with Gasteiger partial charge in [0.25, 0.3) is 0 Å². The monoisotopic (exact) mass is 427 g/mol. The lowest BCUT2D eigenvalue weighted by atomic mass is 9.84. The second-order valence-electron chi connectivity index (χ2n) is 8.28. The number of piperazine rings is 1. The number of benzene rings is 1. The number of carbonyl (C=O) groups excluding carboxylic acids is 2. The van der Waals surface area contributed by atoms with Gasteiger partial charge in [0.2, 0.25) is 11.8 Å². The average Bonchev–Trinajstić information content (AvgIpc) is 3.07. The molecule has 1 aromatic carbocycles. The van der Waals surface area contributed by atoms with Crippen molar-refractivity contribution in [2.75, 3.05) is 31.9 Å². The second-order valence-corrected chi connectivity index (χ2v) is 9.22. The van der Waals surface area contributed by atoms with Gasteiger partial charge in [-0.3, -0.25) is 14.2 Å². The van der Waals surface area contributed by atoms with Crippen LogP contribution in [-0.2, 0) is 9.59 Å². The molecule has 4 rings (SSSR count). The van der Waals surface area contributed by atoms with E-state index < -0.39 is 0 Å². The standard InChI is InChI=1S/C22H29N5O2S/c1-15-7-8-16(2)19(13-15)27-17(3)23-24-22(27)30-14-20(28)25-9-11-26(12-10-25)21(29)18-5-4-6-18/h7-8,13,18H,4-6,9-12,14H2,1-3H3. The van der Waals surface area contributed by atoms with Gasteiger partial charge in [-0.1, -0.05) is 30.3 Å². The van der Waals surface area contributed by atoms with E-state index in [1.807, 2.05) is 21.3 Å². The van der Waals surface area contributed by atoms with E-state index in [2.05, 4.69) is 42.2 Å². The van der Waals surface area contributed by atoms with Gasteiger partial charge in [-0.15, -0.1) is 10.2 Å². The number of thioether (sulfide) groups is 1. The normalized spacial score (nSPS) is 17.2. The second kappa shape index (κ2) is 8.79. The van der Waals surface area contributed by atoms with Crippen LogP contribution in [0.4, 0.5) is 0 Å². The topological polar surface area (TPSA) is 71.3 Å². The third kappa shape index (κ3) is 4.24. The molecule has 0 atom stereocenters. The van der Waals surface area contributed by atoms with E-state index in [1.165, 1.54) is 17.3 Å². The predicted octanol–water partition coefficient (Wildman–Crippen LogP) is 2.76. The van der Waals surface area contributed by atoms with Crippen LogP contribution in [0.1, 0.15) is 36.2 Å². The summed E-state index contributed by atoms with van der Waals surface area (Å²) in [4.78, 5) is 29.0. The van der Waals surface area contributed by atoms with Gasteiger partial charge < -0.3 is 9.80 Å². The number of carbonyl (C=O) groups is 2. The first-order chi connectivity index (χ1) is 14.4. The Morgan fingerprint density at radius 3 is 2.40 bits per heavy atom. The van der Waals surface area contributed by atoms with Crippen LogP contribution in [0, 0.1) is 26.7 Å². The maximum atomic E-state index is 12.8. The van der Waals surface area contributed by atoms with Gasteiger partial charge in [-0.25, -0.2) is 0 Å². The summed E-state index contributed by atoms with van der Waals surface area (Å²) in [6.07, 6.45) is 3.21. The number of nitrogens with zero attached hydrogens (tertiary/aromatic N) is 5. The minimum Gasteiger partial charge on any atom is -0.339 e. The Balaban J connectivity index is 1.36. The fourth-order valence-electron chi connectivity index (χ4n) is 3.98. The highest BCUT2D eigenvalue weighted by atomic mass is 32.2. The fourth-order valence-corrected chi connectivity index (χ4v) is 4.87. The molecular weight excluding hydrogens is 398 g/mol. The molecule has 0 bridgehead atoms. The fraction of sp³-hybridized carbons (Fsp3) is 0.545. The molecule has 1 saturated heterocycles. The van der Waals surface area contributed by atoms with Gasteiger partial charge in [0.15, 0.2) is 5.16 Å². The van der Waals surface area contributed by atoms with Crippen LogP contribution >= 0.6 is 11.8 Å².